The first-order valence-corrected chi connectivity index (χ1v) is 5.07. The van der Waals surface area contributed by atoms with Gasteiger partial charge in [0.25, 0.3) is 0 Å². The monoisotopic (exact) mass is 243 g/mol. The molecule has 0 radical (unpaired) electrons. The lowest BCUT2D eigenvalue weighted by atomic mass is 9.85. The van der Waals surface area contributed by atoms with E-state index in [-0.39, 0.29) is 24.3 Å². The van der Waals surface area contributed by atoms with Crippen LogP contribution in [0.25, 0.3) is 0 Å². The van der Waals surface area contributed by atoms with E-state index < -0.39 is 0 Å². The van der Waals surface area contributed by atoms with Crippen molar-refractivity contribution >= 4 is 25.4 Å². The molecule has 1 atom stereocenters. The highest BCUT2D eigenvalue weighted by Gasteiger charge is 2.29. The number of aromatic hydroxyl groups is 1. The Morgan fingerprint density at radius 3 is 2.94 bits per heavy atom. The molecule has 0 saturated heterocycles. The molecule has 16 heavy (non-hydrogen) atoms. The topological polar surface area (TPSA) is 64.7 Å². The average molecular weight is 243 g/mol. The molecule has 1 aliphatic heterocycles. The Kier molecular flexibility index (Phi) is 4.47. The van der Waals surface area contributed by atoms with Crippen LogP contribution in [0.4, 0.5) is 0 Å². The summed E-state index contributed by atoms with van der Waals surface area (Å²) >= 11 is 0. The molecule has 0 aromatic heterocycles. The highest BCUT2D eigenvalue weighted by Crippen LogP contribution is 2.31. The Morgan fingerprint density at radius 2 is 2.31 bits per heavy atom. The number of benzene rings is 1. The molecule has 2 rings (SSSR count). The molecule has 4 nitrogen and oxygen atoms in total. The van der Waals surface area contributed by atoms with E-state index in [1.807, 2.05) is 6.92 Å². The Labute approximate surface area is 101 Å². The van der Waals surface area contributed by atoms with Gasteiger partial charge >= 0.3 is 7.48 Å². The lowest BCUT2D eigenvalue weighted by molar-refractivity contribution is 0.238. The lowest BCUT2D eigenvalue weighted by Gasteiger charge is -2.12. The molecule has 1 aromatic rings. The van der Waals surface area contributed by atoms with Crippen LogP contribution in [0.3, 0.4) is 0 Å². The number of ether oxygens (including phenoxy) is 1. The van der Waals surface area contributed by atoms with E-state index in [4.69, 9.17) is 15.1 Å². The molecular formula is C10H15BClNO3. The minimum absolute atomic E-state index is 0. The fourth-order valence-corrected chi connectivity index (χ4v) is 1.88. The van der Waals surface area contributed by atoms with E-state index in [1.165, 1.54) is 0 Å². The van der Waals surface area contributed by atoms with Gasteiger partial charge < -0.3 is 20.2 Å². The predicted molar refractivity (Wildman–Crippen MR) is 66.2 cm³/mol. The van der Waals surface area contributed by atoms with E-state index >= 15 is 0 Å². The van der Waals surface area contributed by atoms with Gasteiger partial charge in [-0.3, -0.25) is 0 Å². The second-order valence-corrected chi connectivity index (χ2v) is 3.44. The van der Waals surface area contributed by atoms with Crippen molar-refractivity contribution in [2.75, 3.05) is 13.2 Å². The van der Waals surface area contributed by atoms with Crippen LogP contribution in [0, 0.1) is 0 Å². The van der Waals surface area contributed by atoms with Crippen molar-refractivity contribution in [2.45, 2.75) is 13.0 Å². The van der Waals surface area contributed by atoms with Crippen molar-refractivity contribution in [1.82, 2.24) is 0 Å². The fraction of sp³-hybridized carbons (Fsp3) is 0.400. The Hall–Kier alpha value is -0.905. The zero-order valence-electron chi connectivity index (χ0n) is 9.10. The predicted octanol–water partition coefficient (Wildman–Crippen LogP) is 0.219. The summed E-state index contributed by atoms with van der Waals surface area (Å²) in [5, 5.41) is 9.73. The van der Waals surface area contributed by atoms with Gasteiger partial charge in [-0.15, -0.1) is 12.4 Å². The van der Waals surface area contributed by atoms with Gasteiger partial charge in [0.15, 0.2) is 0 Å². The molecule has 1 aliphatic rings. The Morgan fingerprint density at radius 1 is 1.56 bits per heavy atom. The van der Waals surface area contributed by atoms with Gasteiger partial charge in [-0.2, -0.15) is 0 Å². The number of phenols is 1. The van der Waals surface area contributed by atoms with Crippen molar-refractivity contribution in [3.8, 4) is 11.5 Å². The van der Waals surface area contributed by atoms with Crippen LogP contribution >= 0.6 is 12.4 Å². The number of rotatable bonds is 3. The zero-order valence-corrected chi connectivity index (χ0v) is 9.92. The average Bonchev–Trinajstić information content (AvgIpc) is 2.67. The number of phenolic OH excluding ortho intramolecular Hbond substituents is 1. The molecule has 1 unspecified atom stereocenters. The quantitative estimate of drug-likeness (QED) is 0.746. The van der Waals surface area contributed by atoms with Gasteiger partial charge in [0.05, 0.1) is 12.7 Å². The first-order valence-electron chi connectivity index (χ1n) is 5.07. The van der Waals surface area contributed by atoms with Gasteiger partial charge in [0.1, 0.15) is 11.5 Å². The number of halogens is 1. The highest BCUT2D eigenvalue weighted by atomic mass is 35.5. The summed E-state index contributed by atoms with van der Waals surface area (Å²) in [7, 11) is 0.459. The molecule has 0 saturated carbocycles. The highest BCUT2D eigenvalue weighted by molar-refractivity contribution is 6.50. The number of hydrogen-bond donors (Lipinski definition) is 2. The van der Waals surface area contributed by atoms with Gasteiger partial charge in [0.2, 0.25) is 0 Å². The fourth-order valence-electron chi connectivity index (χ4n) is 1.88. The van der Waals surface area contributed by atoms with Crippen LogP contribution in [-0.4, -0.2) is 25.7 Å². The maximum Gasteiger partial charge on any atom is 0.313 e. The van der Waals surface area contributed by atoms with E-state index in [2.05, 4.69) is 0 Å². The summed E-state index contributed by atoms with van der Waals surface area (Å²) in [6, 6.07) is 3.39. The minimum Gasteiger partial charge on any atom is -0.508 e. The molecule has 0 spiro atoms. The molecule has 0 bridgehead atoms. The van der Waals surface area contributed by atoms with Crippen LogP contribution in [0.15, 0.2) is 12.1 Å². The molecule has 3 N–H and O–H groups in total. The molecule has 1 heterocycles. The molecule has 1 aromatic carbocycles. The third kappa shape index (κ3) is 2.12. The van der Waals surface area contributed by atoms with Crippen molar-refractivity contribution in [3.63, 3.8) is 0 Å². The third-order valence-corrected chi connectivity index (χ3v) is 2.56. The van der Waals surface area contributed by atoms with Crippen LogP contribution in [0.5, 0.6) is 11.5 Å². The third-order valence-electron chi connectivity index (χ3n) is 2.56. The van der Waals surface area contributed by atoms with Crippen molar-refractivity contribution in [2.24, 2.45) is 5.73 Å². The first-order chi connectivity index (χ1) is 7.27. The second-order valence-electron chi connectivity index (χ2n) is 3.44. The molecule has 88 valence electrons. The van der Waals surface area contributed by atoms with E-state index in [0.29, 0.717) is 20.6 Å². The number of fused-ring (bicyclic) bond motifs is 1. The van der Waals surface area contributed by atoms with Crippen molar-refractivity contribution in [3.05, 3.63) is 17.7 Å². The summed E-state index contributed by atoms with van der Waals surface area (Å²) in [5.41, 5.74) is 7.27. The van der Waals surface area contributed by atoms with Crippen LogP contribution in [0.1, 0.15) is 18.6 Å². The molecule has 0 aliphatic carbocycles. The summed E-state index contributed by atoms with van der Waals surface area (Å²) in [5.74, 6) is 1.02. The Bertz CT molecular complexity index is 375. The second kappa shape index (κ2) is 5.43. The van der Waals surface area contributed by atoms with E-state index in [9.17, 15) is 5.11 Å². The summed E-state index contributed by atoms with van der Waals surface area (Å²) < 4.78 is 10.9. The summed E-state index contributed by atoms with van der Waals surface area (Å²) in [4.78, 5) is 0. The molecular weight excluding hydrogens is 228 g/mol. The molecule has 0 fully saturated rings. The van der Waals surface area contributed by atoms with Crippen LogP contribution in [0.2, 0.25) is 0 Å². The molecule has 0 amide bonds. The Balaban J connectivity index is 0.00000128. The largest absolute Gasteiger partial charge is 0.508 e. The normalized spacial score (nSPS) is 17.2. The van der Waals surface area contributed by atoms with Gasteiger partial charge in [-0.1, -0.05) is 0 Å². The number of hydrogen-bond acceptors (Lipinski definition) is 4. The minimum atomic E-state index is -0.208. The lowest BCUT2D eigenvalue weighted by Crippen LogP contribution is -2.16. The van der Waals surface area contributed by atoms with Crippen molar-refractivity contribution < 1.29 is 14.5 Å². The van der Waals surface area contributed by atoms with Gasteiger partial charge in [0, 0.05) is 12.1 Å². The SMILES string of the molecule is CCOc1ccc(O)c2c1BOC2CN.Cl. The number of nitrogens with two attached hydrogens (primary N) is 1. The van der Waals surface area contributed by atoms with Crippen LogP contribution < -0.4 is 15.9 Å². The van der Waals surface area contributed by atoms with Gasteiger partial charge in [-0.05, 0) is 24.5 Å². The van der Waals surface area contributed by atoms with E-state index in [1.54, 1.807) is 12.1 Å². The van der Waals surface area contributed by atoms with Crippen molar-refractivity contribution in [1.29, 1.82) is 0 Å². The summed E-state index contributed by atoms with van der Waals surface area (Å²) in [6.07, 6.45) is -0.208. The van der Waals surface area contributed by atoms with Crippen LogP contribution in [-0.2, 0) is 4.65 Å². The zero-order chi connectivity index (χ0) is 10.8. The maximum absolute atomic E-state index is 9.73. The standard InChI is InChI=1S/C10H14BNO3.ClH/c1-2-14-7-4-3-6(13)9-8(5-12)15-11-10(7)9;/h3-4,8,11,13H,2,5,12H2,1H3;1H. The van der Waals surface area contributed by atoms with E-state index in [0.717, 1.165) is 16.8 Å². The first kappa shape index (κ1) is 13.2. The smallest absolute Gasteiger partial charge is 0.313 e. The summed E-state index contributed by atoms with van der Waals surface area (Å²) in [6.45, 7) is 2.90. The molecule has 6 heteroatoms. The maximum atomic E-state index is 9.73. The van der Waals surface area contributed by atoms with Gasteiger partial charge in [-0.25, -0.2) is 0 Å².